The topological polar surface area (TPSA) is 171 Å². The number of thiol groups is 2. The van der Waals surface area contributed by atoms with Crippen molar-refractivity contribution in [2.75, 3.05) is 11.5 Å². The number of hydrogen-bond donors (Lipinski definition) is 8. The fourth-order valence-electron chi connectivity index (χ4n) is 2.14. The van der Waals surface area contributed by atoms with Crippen LogP contribution in [-0.2, 0) is 19.2 Å². The Kier molecular flexibility index (Phi) is 12.2. The molecule has 162 valence electrons. The number of carboxylic acid groups (broad SMARTS) is 1. The molecule has 12 heteroatoms. The zero-order chi connectivity index (χ0) is 22.0. The van der Waals surface area contributed by atoms with Gasteiger partial charge in [0.15, 0.2) is 0 Å². The van der Waals surface area contributed by atoms with Crippen molar-refractivity contribution < 1.29 is 29.4 Å². The average molecular weight is 439 g/mol. The van der Waals surface area contributed by atoms with Crippen LogP contribution in [-0.4, -0.2) is 75.7 Å². The quantitative estimate of drug-likeness (QED) is 0.165. The van der Waals surface area contributed by atoms with Gasteiger partial charge in [-0.3, -0.25) is 14.4 Å². The fourth-order valence-corrected chi connectivity index (χ4v) is 2.55. The van der Waals surface area contributed by atoms with Gasteiger partial charge < -0.3 is 31.9 Å². The third-order valence-corrected chi connectivity index (χ3v) is 4.95. The van der Waals surface area contributed by atoms with Gasteiger partial charge in [-0.15, -0.1) is 0 Å². The summed E-state index contributed by atoms with van der Waals surface area (Å²) in [5.74, 6) is -3.84. The Morgan fingerprint density at radius 2 is 1.43 bits per heavy atom. The minimum Gasteiger partial charge on any atom is -0.480 e. The second kappa shape index (κ2) is 12.9. The number of carbonyl (C=O) groups is 4. The van der Waals surface area contributed by atoms with Crippen LogP contribution in [0.2, 0.25) is 0 Å². The van der Waals surface area contributed by atoms with Crippen LogP contribution in [0.1, 0.15) is 27.2 Å². The number of nitrogens with two attached hydrogens (primary N) is 1. The molecule has 0 spiro atoms. The molecule has 0 aromatic rings. The predicted molar refractivity (Wildman–Crippen MR) is 110 cm³/mol. The summed E-state index contributed by atoms with van der Waals surface area (Å²) in [4.78, 5) is 48.1. The summed E-state index contributed by atoms with van der Waals surface area (Å²) in [7, 11) is 0. The van der Waals surface area contributed by atoms with Gasteiger partial charge in [0.2, 0.25) is 17.7 Å². The predicted octanol–water partition coefficient (Wildman–Crippen LogP) is -1.86. The van der Waals surface area contributed by atoms with Crippen LogP contribution in [0, 0.1) is 5.92 Å². The van der Waals surface area contributed by atoms with Crippen molar-refractivity contribution in [3.05, 3.63) is 0 Å². The first-order valence-electron chi connectivity index (χ1n) is 8.79. The van der Waals surface area contributed by atoms with Gasteiger partial charge >= 0.3 is 5.97 Å². The molecule has 0 aliphatic heterocycles. The first-order chi connectivity index (χ1) is 13.0. The lowest BCUT2D eigenvalue weighted by molar-refractivity contribution is -0.142. The lowest BCUT2D eigenvalue weighted by Gasteiger charge is -2.28. The first kappa shape index (κ1) is 26.5. The van der Waals surface area contributed by atoms with Crippen LogP contribution in [0.25, 0.3) is 0 Å². The third-order valence-electron chi connectivity index (χ3n) is 4.19. The van der Waals surface area contributed by atoms with Crippen LogP contribution >= 0.6 is 25.3 Å². The standard InChI is InChI=1S/C16H30N4O6S2/c1-4-7(2)11(19-13(22)9(17)5-27)14(23)20-12(8(3)21)15(24)18-10(6-28)16(25)26/h7-12,21,27-28H,4-6,17H2,1-3H3,(H,18,24)(H,19,22)(H,20,23)(H,25,26). The molecule has 0 aromatic heterocycles. The Hall–Kier alpha value is -1.50. The maximum atomic E-state index is 12.7. The number of carbonyl (C=O) groups excluding carboxylic acids is 3. The molecule has 6 unspecified atom stereocenters. The molecule has 0 aliphatic carbocycles. The highest BCUT2D eigenvalue weighted by Crippen LogP contribution is 2.09. The van der Waals surface area contributed by atoms with E-state index in [1.54, 1.807) is 6.92 Å². The molecule has 0 heterocycles. The van der Waals surface area contributed by atoms with E-state index in [1.165, 1.54) is 6.92 Å². The van der Waals surface area contributed by atoms with Crippen molar-refractivity contribution >= 4 is 48.9 Å². The number of aliphatic hydroxyl groups excluding tert-OH is 1. The van der Waals surface area contributed by atoms with Crippen LogP contribution < -0.4 is 21.7 Å². The van der Waals surface area contributed by atoms with E-state index in [1.807, 2.05) is 6.92 Å². The molecule has 0 saturated carbocycles. The average Bonchev–Trinajstić information content (AvgIpc) is 2.65. The van der Waals surface area contributed by atoms with Crippen molar-refractivity contribution in [2.45, 2.75) is 57.5 Å². The van der Waals surface area contributed by atoms with E-state index in [-0.39, 0.29) is 17.4 Å². The van der Waals surface area contributed by atoms with Crippen LogP contribution in [0.3, 0.4) is 0 Å². The van der Waals surface area contributed by atoms with E-state index in [2.05, 4.69) is 41.2 Å². The van der Waals surface area contributed by atoms with Gasteiger partial charge in [-0.2, -0.15) is 25.3 Å². The Balaban J connectivity index is 5.36. The van der Waals surface area contributed by atoms with E-state index in [4.69, 9.17) is 10.8 Å². The molecule has 0 aromatic carbocycles. The lowest BCUT2D eigenvalue weighted by Crippen LogP contribution is -2.61. The number of nitrogens with one attached hydrogen (secondary N) is 3. The van der Waals surface area contributed by atoms with E-state index in [9.17, 15) is 24.3 Å². The zero-order valence-electron chi connectivity index (χ0n) is 16.1. The second-order valence-electron chi connectivity index (χ2n) is 6.47. The zero-order valence-corrected chi connectivity index (χ0v) is 17.9. The Morgan fingerprint density at radius 3 is 1.82 bits per heavy atom. The minimum absolute atomic E-state index is 0.0830. The molecule has 6 atom stereocenters. The van der Waals surface area contributed by atoms with Gasteiger partial charge in [0.25, 0.3) is 0 Å². The Bertz CT molecular complexity index is 563. The molecular formula is C16H30N4O6S2. The molecule has 10 nitrogen and oxygen atoms in total. The molecule has 3 amide bonds. The Labute approximate surface area is 175 Å². The summed E-state index contributed by atoms with van der Waals surface area (Å²) in [6, 6.07) is -4.62. The molecule has 0 rings (SSSR count). The van der Waals surface area contributed by atoms with Crippen LogP contribution in [0.15, 0.2) is 0 Å². The molecule has 0 fully saturated rings. The highest BCUT2D eigenvalue weighted by molar-refractivity contribution is 7.80. The van der Waals surface area contributed by atoms with E-state index >= 15 is 0 Å². The Morgan fingerprint density at radius 1 is 0.929 bits per heavy atom. The molecule has 7 N–H and O–H groups in total. The smallest absolute Gasteiger partial charge is 0.327 e. The van der Waals surface area contributed by atoms with E-state index < -0.39 is 54.0 Å². The van der Waals surface area contributed by atoms with E-state index in [0.29, 0.717) is 6.42 Å². The van der Waals surface area contributed by atoms with Gasteiger partial charge in [-0.05, 0) is 12.8 Å². The number of aliphatic hydroxyl groups is 1. The highest BCUT2D eigenvalue weighted by Gasteiger charge is 2.34. The minimum atomic E-state index is -1.42. The number of amides is 3. The number of hydrogen-bond acceptors (Lipinski definition) is 8. The SMILES string of the molecule is CCC(C)C(NC(=O)C(N)CS)C(=O)NC(C(=O)NC(CS)C(=O)O)C(C)O. The molecule has 28 heavy (non-hydrogen) atoms. The summed E-state index contributed by atoms with van der Waals surface area (Å²) in [5, 5.41) is 26.0. The summed E-state index contributed by atoms with van der Waals surface area (Å²) >= 11 is 7.79. The summed E-state index contributed by atoms with van der Waals surface area (Å²) in [5.41, 5.74) is 5.62. The maximum absolute atomic E-state index is 12.7. The molecule has 0 saturated heterocycles. The van der Waals surface area contributed by atoms with Gasteiger partial charge in [-0.1, -0.05) is 20.3 Å². The molecule has 0 radical (unpaired) electrons. The number of rotatable bonds is 12. The molecule has 0 bridgehead atoms. The van der Waals surface area contributed by atoms with Gasteiger partial charge in [0.1, 0.15) is 18.1 Å². The third kappa shape index (κ3) is 8.25. The summed E-state index contributed by atoms with van der Waals surface area (Å²) in [6.45, 7) is 4.82. The summed E-state index contributed by atoms with van der Waals surface area (Å²) < 4.78 is 0. The van der Waals surface area contributed by atoms with Crippen molar-refractivity contribution in [1.29, 1.82) is 0 Å². The van der Waals surface area contributed by atoms with Crippen LogP contribution in [0.5, 0.6) is 0 Å². The van der Waals surface area contributed by atoms with Crippen molar-refractivity contribution in [3.63, 3.8) is 0 Å². The molecule has 0 aliphatic rings. The highest BCUT2D eigenvalue weighted by atomic mass is 32.1. The van der Waals surface area contributed by atoms with Gasteiger partial charge in [0, 0.05) is 11.5 Å². The lowest BCUT2D eigenvalue weighted by atomic mass is 9.97. The first-order valence-corrected chi connectivity index (χ1v) is 10.1. The number of carboxylic acids is 1. The van der Waals surface area contributed by atoms with Gasteiger partial charge in [-0.25, -0.2) is 4.79 Å². The summed E-state index contributed by atoms with van der Waals surface area (Å²) in [6.07, 6.45) is -0.771. The molecular weight excluding hydrogens is 408 g/mol. The van der Waals surface area contributed by atoms with Crippen LogP contribution in [0.4, 0.5) is 0 Å². The van der Waals surface area contributed by atoms with Crippen molar-refractivity contribution in [3.8, 4) is 0 Å². The normalized spacial score (nSPS) is 17.4. The van der Waals surface area contributed by atoms with Crippen molar-refractivity contribution in [2.24, 2.45) is 11.7 Å². The van der Waals surface area contributed by atoms with Crippen molar-refractivity contribution in [1.82, 2.24) is 16.0 Å². The fraction of sp³-hybridized carbons (Fsp3) is 0.750. The second-order valence-corrected chi connectivity index (χ2v) is 7.20. The monoisotopic (exact) mass is 438 g/mol. The maximum Gasteiger partial charge on any atom is 0.327 e. The largest absolute Gasteiger partial charge is 0.480 e. The van der Waals surface area contributed by atoms with Gasteiger partial charge in [0.05, 0.1) is 12.1 Å². The number of aliphatic carboxylic acids is 1. The van der Waals surface area contributed by atoms with E-state index in [0.717, 1.165) is 0 Å².